The van der Waals surface area contributed by atoms with Crippen LogP contribution in [0.2, 0.25) is 0 Å². The van der Waals surface area contributed by atoms with Crippen LogP contribution >= 0.6 is 0 Å². The van der Waals surface area contributed by atoms with Gasteiger partial charge in [-0.15, -0.1) is 0 Å². The van der Waals surface area contributed by atoms with Gasteiger partial charge < -0.3 is 19.5 Å². The van der Waals surface area contributed by atoms with Gasteiger partial charge in [-0.2, -0.15) is 5.26 Å². The highest BCUT2D eigenvalue weighted by atomic mass is 16.6. The lowest BCUT2D eigenvalue weighted by molar-refractivity contribution is -0.123. The van der Waals surface area contributed by atoms with E-state index in [0.29, 0.717) is 47.3 Å². The molecule has 0 aliphatic carbocycles. The summed E-state index contributed by atoms with van der Waals surface area (Å²) < 4.78 is 17.1. The standard InChI is InChI=1S/C26H19N3O5/c1-32-20-9-8-16(18-6-3-7-21-24(18)34-11-10-33-21)13-19(20)22-23(26(31)29-25(22)30)28-17-5-2-4-15(12-17)14-27/h2-9,12-13H,10-11H2,1H3,(H2,28,29,30,31). The Bertz CT molecular complexity index is 1400. The number of carbonyl (C=O) groups is 2. The van der Waals surface area contributed by atoms with Gasteiger partial charge in [0.25, 0.3) is 11.8 Å². The van der Waals surface area contributed by atoms with Crippen molar-refractivity contribution in [1.29, 1.82) is 5.26 Å². The van der Waals surface area contributed by atoms with Gasteiger partial charge in [0, 0.05) is 16.8 Å². The average Bonchev–Trinajstić information content (AvgIpc) is 3.15. The number of ether oxygens (including phenoxy) is 3. The molecule has 5 rings (SSSR count). The Kier molecular flexibility index (Phi) is 5.36. The highest BCUT2D eigenvalue weighted by Crippen LogP contribution is 2.42. The number of imide groups is 1. The Morgan fingerprint density at radius 1 is 0.971 bits per heavy atom. The molecule has 0 atom stereocenters. The molecule has 2 heterocycles. The van der Waals surface area contributed by atoms with Gasteiger partial charge in [-0.1, -0.05) is 24.3 Å². The van der Waals surface area contributed by atoms with Crippen LogP contribution in [-0.2, 0) is 9.59 Å². The highest BCUT2D eigenvalue weighted by Gasteiger charge is 2.33. The predicted octanol–water partition coefficient (Wildman–Crippen LogP) is 3.48. The van der Waals surface area contributed by atoms with E-state index < -0.39 is 11.8 Å². The second-order valence-electron chi connectivity index (χ2n) is 7.60. The van der Waals surface area contributed by atoms with Gasteiger partial charge in [0.2, 0.25) is 0 Å². The van der Waals surface area contributed by atoms with Crippen molar-refractivity contribution in [3.05, 3.63) is 77.5 Å². The Labute approximate surface area is 195 Å². The van der Waals surface area contributed by atoms with Crippen molar-refractivity contribution in [3.8, 4) is 34.4 Å². The molecule has 8 heteroatoms. The number of nitriles is 1. The second kappa shape index (κ2) is 8.64. The fourth-order valence-electron chi connectivity index (χ4n) is 4.01. The topological polar surface area (TPSA) is 110 Å². The minimum Gasteiger partial charge on any atom is -0.496 e. The molecule has 2 N–H and O–H groups in total. The molecule has 3 aromatic rings. The first-order valence-electron chi connectivity index (χ1n) is 10.5. The third-order valence-corrected chi connectivity index (χ3v) is 5.54. The first-order chi connectivity index (χ1) is 16.6. The molecular formula is C26H19N3O5. The van der Waals surface area contributed by atoms with Gasteiger partial charge in [0.05, 0.1) is 24.3 Å². The fraction of sp³-hybridized carbons (Fsp3) is 0.115. The molecule has 0 unspecified atom stereocenters. The number of hydrogen-bond acceptors (Lipinski definition) is 7. The summed E-state index contributed by atoms with van der Waals surface area (Å²) in [5.41, 5.74) is 3.16. The van der Waals surface area contributed by atoms with E-state index in [0.717, 1.165) is 11.1 Å². The number of nitrogens with zero attached hydrogens (tertiary/aromatic N) is 1. The molecule has 2 aliphatic heterocycles. The van der Waals surface area contributed by atoms with Crippen molar-refractivity contribution in [2.24, 2.45) is 0 Å². The highest BCUT2D eigenvalue weighted by molar-refractivity contribution is 6.37. The number of carbonyl (C=O) groups excluding carboxylic acids is 2. The molecule has 2 aliphatic rings. The van der Waals surface area contributed by atoms with E-state index in [2.05, 4.69) is 16.7 Å². The SMILES string of the molecule is COc1ccc(-c2cccc3c2OCCO3)cc1C1=C(Nc2cccc(C#N)c2)C(=O)NC1=O. The molecule has 0 radical (unpaired) electrons. The van der Waals surface area contributed by atoms with Gasteiger partial charge in [-0.3, -0.25) is 14.9 Å². The van der Waals surface area contributed by atoms with Crippen molar-refractivity contribution in [3.63, 3.8) is 0 Å². The van der Waals surface area contributed by atoms with Crippen molar-refractivity contribution in [2.45, 2.75) is 0 Å². The number of anilines is 1. The van der Waals surface area contributed by atoms with E-state index in [1.54, 1.807) is 36.4 Å². The number of benzene rings is 3. The lowest BCUT2D eigenvalue weighted by Crippen LogP contribution is -2.24. The molecule has 0 saturated carbocycles. The monoisotopic (exact) mass is 453 g/mol. The summed E-state index contributed by atoms with van der Waals surface area (Å²) in [7, 11) is 1.50. The molecule has 0 saturated heterocycles. The molecule has 0 aromatic heterocycles. The van der Waals surface area contributed by atoms with E-state index in [9.17, 15) is 14.9 Å². The van der Waals surface area contributed by atoms with Gasteiger partial charge in [-0.05, 0) is 42.0 Å². The van der Waals surface area contributed by atoms with Crippen LogP contribution in [0.25, 0.3) is 16.7 Å². The second-order valence-corrected chi connectivity index (χ2v) is 7.60. The average molecular weight is 453 g/mol. The minimum atomic E-state index is -0.566. The Balaban J connectivity index is 1.65. The first-order valence-corrected chi connectivity index (χ1v) is 10.5. The van der Waals surface area contributed by atoms with Crippen LogP contribution in [0.4, 0.5) is 5.69 Å². The zero-order valence-electron chi connectivity index (χ0n) is 18.2. The molecule has 0 spiro atoms. The number of nitrogens with one attached hydrogen (secondary N) is 2. The minimum absolute atomic E-state index is 0.0743. The van der Waals surface area contributed by atoms with Crippen LogP contribution in [0, 0.1) is 11.3 Å². The van der Waals surface area contributed by atoms with Crippen LogP contribution in [0.3, 0.4) is 0 Å². The van der Waals surface area contributed by atoms with Crippen LogP contribution in [-0.4, -0.2) is 32.1 Å². The predicted molar refractivity (Wildman–Crippen MR) is 124 cm³/mol. The number of para-hydroxylation sites is 1. The van der Waals surface area contributed by atoms with Gasteiger partial charge >= 0.3 is 0 Å². The van der Waals surface area contributed by atoms with Crippen molar-refractivity contribution in [1.82, 2.24) is 5.32 Å². The van der Waals surface area contributed by atoms with Gasteiger partial charge in [-0.25, -0.2) is 0 Å². The molecule has 0 fully saturated rings. The lowest BCUT2D eigenvalue weighted by Gasteiger charge is -2.21. The van der Waals surface area contributed by atoms with Crippen LogP contribution in [0.15, 0.2) is 66.4 Å². The summed E-state index contributed by atoms with van der Waals surface area (Å²) in [6.45, 7) is 0.909. The number of methoxy groups -OCH3 is 1. The summed E-state index contributed by atoms with van der Waals surface area (Å²) >= 11 is 0. The van der Waals surface area contributed by atoms with E-state index in [1.807, 2.05) is 24.3 Å². The van der Waals surface area contributed by atoms with Gasteiger partial charge in [0.15, 0.2) is 11.5 Å². The summed E-state index contributed by atoms with van der Waals surface area (Å²) in [5, 5.41) is 14.5. The molecule has 8 nitrogen and oxygen atoms in total. The largest absolute Gasteiger partial charge is 0.496 e. The molecule has 2 amide bonds. The summed E-state index contributed by atoms with van der Waals surface area (Å²) in [5.74, 6) is 0.583. The fourth-order valence-corrected chi connectivity index (χ4v) is 4.01. The molecule has 168 valence electrons. The lowest BCUT2D eigenvalue weighted by atomic mass is 9.96. The number of hydrogen-bond donors (Lipinski definition) is 2. The number of fused-ring (bicyclic) bond motifs is 1. The van der Waals surface area contributed by atoms with Crippen molar-refractivity contribution in [2.75, 3.05) is 25.6 Å². The van der Waals surface area contributed by atoms with E-state index in [4.69, 9.17) is 14.2 Å². The quantitative estimate of drug-likeness (QED) is 0.569. The number of amides is 2. The van der Waals surface area contributed by atoms with E-state index in [1.165, 1.54) is 7.11 Å². The Hall–Kier alpha value is -4.77. The number of rotatable bonds is 5. The zero-order chi connectivity index (χ0) is 23.7. The summed E-state index contributed by atoms with van der Waals surface area (Å²) in [4.78, 5) is 25.6. The maximum absolute atomic E-state index is 12.9. The van der Waals surface area contributed by atoms with E-state index >= 15 is 0 Å². The molecule has 34 heavy (non-hydrogen) atoms. The molecule has 3 aromatic carbocycles. The smallest absolute Gasteiger partial charge is 0.275 e. The molecular weight excluding hydrogens is 434 g/mol. The van der Waals surface area contributed by atoms with Crippen molar-refractivity contribution >= 4 is 23.1 Å². The maximum Gasteiger partial charge on any atom is 0.275 e. The van der Waals surface area contributed by atoms with Crippen LogP contribution in [0.5, 0.6) is 17.2 Å². The molecule has 0 bridgehead atoms. The van der Waals surface area contributed by atoms with Crippen LogP contribution in [0.1, 0.15) is 11.1 Å². The Morgan fingerprint density at radius 3 is 2.62 bits per heavy atom. The Morgan fingerprint density at radius 2 is 1.79 bits per heavy atom. The third kappa shape index (κ3) is 3.69. The zero-order valence-corrected chi connectivity index (χ0v) is 18.2. The van der Waals surface area contributed by atoms with Crippen LogP contribution < -0.4 is 24.8 Å². The summed E-state index contributed by atoms with van der Waals surface area (Å²) in [6, 6.07) is 19.7. The van der Waals surface area contributed by atoms with E-state index in [-0.39, 0.29) is 11.3 Å². The van der Waals surface area contributed by atoms with Crippen molar-refractivity contribution < 1.29 is 23.8 Å². The van der Waals surface area contributed by atoms with Gasteiger partial charge in [0.1, 0.15) is 24.7 Å². The first kappa shape index (κ1) is 21.1. The normalized spacial score (nSPS) is 14.5. The summed E-state index contributed by atoms with van der Waals surface area (Å²) in [6.07, 6.45) is 0. The maximum atomic E-state index is 12.9. The third-order valence-electron chi connectivity index (χ3n) is 5.54.